The maximum atomic E-state index is 2.36. The third-order valence-corrected chi connectivity index (χ3v) is 3.23. The Hall–Kier alpha value is -1.63. The molecule has 1 heteroatoms. The van der Waals surface area contributed by atoms with Crippen LogP contribution in [0.15, 0.2) is 42.6 Å². The van der Waals surface area contributed by atoms with Crippen molar-refractivity contribution in [1.82, 2.24) is 0 Å². The molecule has 2 aromatic rings. The maximum absolute atomic E-state index is 2.36. The van der Waals surface area contributed by atoms with Crippen molar-refractivity contribution in [3.05, 3.63) is 53.7 Å². The van der Waals surface area contributed by atoms with Crippen LogP contribution in [0, 0.1) is 6.92 Å². The fraction of sp³-hybridized carbons (Fsp3) is 0.214. The van der Waals surface area contributed by atoms with Crippen molar-refractivity contribution in [2.75, 3.05) is 0 Å². The highest BCUT2D eigenvalue weighted by Crippen LogP contribution is 2.32. The zero-order valence-electron chi connectivity index (χ0n) is 9.07. The number of benzene rings is 1. The summed E-state index contributed by atoms with van der Waals surface area (Å²) >= 11 is 0. The smallest absolute Gasteiger partial charge is 0.191 e. The largest absolute Gasteiger partial charge is 0.213 e. The molecule has 0 saturated heterocycles. The van der Waals surface area contributed by atoms with Gasteiger partial charge in [-0.15, -0.1) is 0 Å². The molecule has 0 amide bonds. The Bertz CT molecular complexity index is 529. The fourth-order valence-electron chi connectivity index (χ4n) is 2.42. The molecule has 1 aliphatic heterocycles. The van der Waals surface area contributed by atoms with Crippen LogP contribution >= 0.6 is 0 Å². The molecule has 15 heavy (non-hydrogen) atoms. The van der Waals surface area contributed by atoms with Crippen LogP contribution in [0.2, 0.25) is 0 Å². The van der Waals surface area contributed by atoms with Crippen LogP contribution in [-0.2, 0) is 0 Å². The van der Waals surface area contributed by atoms with Crippen molar-refractivity contribution in [1.29, 1.82) is 0 Å². The fourth-order valence-corrected chi connectivity index (χ4v) is 2.42. The van der Waals surface area contributed by atoms with Gasteiger partial charge in [0.05, 0.1) is 5.56 Å². The minimum Gasteiger partial charge on any atom is -0.191 e. The molecule has 0 fully saturated rings. The Labute approximate surface area is 90.0 Å². The Morgan fingerprint density at radius 3 is 2.73 bits per heavy atom. The number of nitrogens with zero attached hydrogens (tertiary/aromatic N) is 1. The van der Waals surface area contributed by atoms with E-state index in [9.17, 15) is 0 Å². The zero-order valence-corrected chi connectivity index (χ0v) is 9.07. The normalized spacial score (nSPS) is 17.3. The lowest BCUT2D eigenvalue weighted by molar-refractivity contribution is -0.694. The van der Waals surface area contributed by atoms with Crippen LogP contribution in [0.5, 0.6) is 0 Å². The number of aryl methyl sites for hydroxylation is 1. The van der Waals surface area contributed by atoms with Crippen molar-refractivity contribution >= 4 is 0 Å². The standard InChI is InChI=1S/C14H14N/c1-10-7-8-14-13-6-4-3-5-12(13)11(2)15(14)9-10/h3-9,11H,1-2H3/q+1. The Morgan fingerprint density at radius 2 is 1.87 bits per heavy atom. The molecule has 0 aliphatic carbocycles. The van der Waals surface area contributed by atoms with E-state index in [4.69, 9.17) is 0 Å². The van der Waals surface area contributed by atoms with E-state index in [2.05, 4.69) is 61.0 Å². The molecule has 0 spiro atoms. The molecule has 1 aromatic carbocycles. The molecule has 0 radical (unpaired) electrons. The molecule has 74 valence electrons. The Balaban J connectivity index is 2.32. The van der Waals surface area contributed by atoms with Gasteiger partial charge in [-0.05, 0) is 19.1 Å². The van der Waals surface area contributed by atoms with E-state index < -0.39 is 0 Å². The van der Waals surface area contributed by atoms with E-state index in [0.717, 1.165) is 0 Å². The van der Waals surface area contributed by atoms with Crippen LogP contribution in [0.3, 0.4) is 0 Å². The first-order valence-electron chi connectivity index (χ1n) is 5.38. The van der Waals surface area contributed by atoms with E-state index in [1.54, 1.807) is 0 Å². The van der Waals surface area contributed by atoms with Crippen molar-refractivity contribution in [3.63, 3.8) is 0 Å². The second kappa shape index (κ2) is 2.93. The summed E-state index contributed by atoms with van der Waals surface area (Å²) in [7, 11) is 0. The van der Waals surface area contributed by atoms with E-state index in [1.165, 1.54) is 22.4 Å². The van der Waals surface area contributed by atoms with Gasteiger partial charge >= 0.3 is 0 Å². The summed E-state index contributed by atoms with van der Waals surface area (Å²) in [4.78, 5) is 0. The summed E-state index contributed by atoms with van der Waals surface area (Å²) in [6, 6.07) is 13.5. The molecule has 1 atom stereocenters. The third-order valence-electron chi connectivity index (χ3n) is 3.23. The molecule has 1 aromatic heterocycles. The number of pyridine rings is 1. The highest BCUT2D eigenvalue weighted by Gasteiger charge is 2.32. The number of aromatic nitrogens is 1. The molecule has 1 aliphatic rings. The Morgan fingerprint density at radius 1 is 1.07 bits per heavy atom. The predicted molar refractivity (Wildman–Crippen MR) is 60.6 cm³/mol. The van der Waals surface area contributed by atoms with Crippen LogP contribution in [0.25, 0.3) is 11.3 Å². The zero-order chi connectivity index (χ0) is 10.4. The molecular formula is C14H14N+. The van der Waals surface area contributed by atoms with Gasteiger partial charge in [0.25, 0.3) is 0 Å². The highest BCUT2D eigenvalue weighted by atomic mass is 15.0. The van der Waals surface area contributed by atoms with Crippen LogP contribution < -0.4 is 4.57 Å². The average Bonchev–Trinajstić information content (AvgIpc) is 2.54. The quantitative estimate of drug-likeness (QED) is 0.570. The summed E-state index contributed by atoms with van der Waals surface area (Å²) in [5.41, 5.74) is 5.47. The first kappa shape index (κ1) is 8.66. The monoisotopic (exact) mass is 196 g/mol. The average molecular weight is 196 g/mol. The third kappa shape index (κ3) is 1.13. The second-order valence-electron chi connectivity index (χ2n) is 4.26. The summed E-state index contributed by atoms with van der Waals surface area (Å²) in [6.07, 6.45) is 2.24. The van der Waals surface area contributed by atoms with Crippen molar-refractivity contribution < 1.29 is 4.57 Å². The molecular weight excluding hydrogens is 182 g/mol. The number of hydrogen-bond donors (Lipinski definition) is 0. The SMILES string of the molecule is Cc1ccc2[n+](c1)C(C)c1ccccc1-2. The van der Waals surface area contributed by atoms with Gasteiger partial charge in [0.1, 0.15) is 0 Å². The van der Waals surface area contributed by atoms with E-state index >= 15 is 0 Å². The number of rotatable bonds is 0. The van der Waals surface area contributed by atoms with Gasteiger partial charge in [-0.3, -0.25) is 0 Å². The van der Waals surface area contributed by atoms with Crippen molar-refractivity contribution in [2.24, 2.45) is 0 Å². The topological polar surface area (TPSA) is 3.88 Å². The molecule has 0 saturated carbocycles. The minimum absolute atomic E-state index is 0.469. The molecule has 1 nitrogen and oxygen atoms in total. The first-order valence-corrected chi connectivity index (χ1v) is 5.38. The maximum Gasteiger partial charge on any atom is 0.213 e. The lowest BCUT2D eigenvalue weighted by atomic mass is 10.0. The van der Waals surface area contributed by atoms with Gasteiger partial charge < -0.3 is 0 Å². The molecule has 3 rings (SSSR count). The molecule has 0 bridgehead atoms. The first-order chi connectivity index (χ1) is 7.27. The lowest BCUT2D eigenvalue weighted by Crippen LogP contribution is -2.36. The summed E-state index contributed by atoms with van der Waals surface area (Å²) in [6.45, 7) is 4.40. The second-order valence-corrected chi connectivity index (χ2v) is 4.26. The minimum atomic E-state index is 0.469. The van der Waals surface area contributed by atoms with Crippen molar-refractivity contribution in [3.8, 4) is 11.3 Å². The molecule has 2 heterocycles. The van der Waals surface area contributed by atoms with Gasteiger partial charge in [0, 0.05) is 24.1 Å². The predicted octanol–water partition coefficient (Wildman–Crippen LogP) is 2.87. The van der Waals surface area contributed by atoms with Gasteiger partial charge in [0.2, 0.25) is 5.69 Å². The van der Waals surface area contributed by atoms with Crippen LogP contribution in [0.1, 0.15) is 24.1 Å². The summed E-state index contributed by atoms with van der Waals surface area (Å²) in [5.74, 6) is 0. The van der Waals surface area contributed by atoms with Gasteiger partial charge in [0.15, 0.2) is 12.2 Å². The molecule has 0 N–H and O–H groups in total. The van der Waals surface area contributed by atoms with Crippen LogP contribution in [0.4, 0.5) is 0 Å². The van der Waals surface area contributed by atoms with Gasteiger partial charge in [-0.1, -0.05) is 18.2 Å². The van der Waals surface area contributed by atoms with Crippen LogP contribution in [-0.4, -0.2) is 0 Å². The number of hydrogen-bond acceptors (Lipinski definition) is 0. The van der Waals surface area contributed by atoms with Gasteiger partial charge in [-0.25, -0.2) is 0 Å². The van der Waals surface area contributed by atoms with E-state index in [-0.39, 0.29) is 0 Å². The van der Waals surface area contributed by atoms with E-state index in [1.807, 2.05) is 0 Å². The van der Waals surface area contributed by atoms with Gasteiger partial charge in [-0.2, -0.15) is 4.57 Å². The molecule has 1 unspecified atom stereocenters. The van der Waals surface area contributed by atoms with Crippen molar-refractivity contribution in [2.45, 2.75) is 19.9 Å². The lowest BCUT2D eigenvalue weighted by Gasteiger charge is -2.00. The Kier molecular flexibility index (Phi) is 1.69. The number of fused-ring (bicyclic) bond motifs is 3. The summed E-state index contributed by atoms with van der Waals surface area (Å²) in [5, 5.41) is 0. The summed E-state index contributed by atoms with van der Waals surface area (Å²) < 4.78 is 2.36. The van der Waals surface area contributed by atoms with E-state index in [0.29, 0.717) is 6.04 Å². The highest BCUT2D eigenvalue weighted by molar-refractivity contribution is 5.64.